The lowest BCUT2D eigenvalue weighted by molar-refractivity contribution is -0.139. The summed E-state index contributed by atoms with van der Waals surface area (Å²) < 4.78 is 5.08. The number of esters is 1. The molecule has 0 saturated heterocycles. The molecule has 0 spiro atoms. The molecule has 3 heteroatoms. The molecule has 3 nitrogen and oxygen atoms in total. The van der Waals surface area contributed by atoms with Gasteiger partial charge < -0.3 is 9.64 Å². The maximum Gasteiger partial charge on any atom is 0.335 e. The van der Waals surface area contributed by atoms with E-state index in [0.29, 0.717) is 24.3 Å². The van der Waals surface area contributed by atoms with Crippen LogP contribution in [-0.2, 0) is 9.53 Å². The molecule has 0 saturated carbocycles. The van der Waals surface area contributed by atoms with E-state index in [1.807, 2.05) is 13.1 Å². The standard InChI is InChI=1S/C13H25NO2/c1-7-8-16-13(15)12(6)9-14(10(2)3)11(4)5/h9-11H,7-8H2,1-6H3. The van der Waals surface area contributed by atoms with Gasteiger partial charge in [-0.05, 0) is 41.0 Å². The molecule has 0 radical (unpaired) electrons. The van der Waals surface area contributed by atoms with Crippen molar-refractivity contribution in [2.75, 3.05) is 6.61 Å². The summed E-state index contributed by atoms with van der Waals surface area (Å²) in [5.41, 5.74) is 0.663. The van der Waals surface area contributed by atoms with E-state index < -0.39 is 0 Å². The van der Waals surface area contributed by atoms with E-state index in [-0.39, 0.29) is 5.97 Å². The number of hydrogen-bond acceptors (Lipinski definition) is 3. The van der Waals surface area contributed by atoms with Crippen LogP contribution in [0.2, 0.25) is 0 Å². The first-order valence-corrected chi connectivity index (χ1v) is 6.03. The molecule has 0 aliphatic carbocycles. The van der Waals surface area contributed by atoms with Gasteiger partial charge in [-0.2, -0.15) is 0 Å². The summed E-state index contributed by atoms with van der Waals surface area (Å²) in [5.74, 6) is -0.215. The highest BCUT2D eigenvalue weighted by molar-refractivity contribution is 5.87. The van der Waals surface area contributed by atoms with Gasteiger partial charge in [0.25, 0.3) is 0 Å². The third-order valence-electron chi connectivity index (χ3n) is 2.29. The van der Waals surface area contributed by atoms with Crippen LogP contribution >= 0.6 is 0 Å². The van der Waals surface area contributed by atoms with E-state index in [2.05, 4.69) is 32.6 Å². The molecule has 0 atom stereocenters. The zero-order valence-electron chi connectivity index (χ0n) is 11.4. The number of nitrogens with zero attached hydrogens (tertiary/aromatic N) is 1. The van der Waals surface area contributed by atoms with E-state index in [1.165, 1.54) is 0 Å². The minimum Gasteiger partial charge on any atom is -0.462 e. The van der Waals surface area contributed by atoms with E-state index in [4.69, 9.17) is 4.74 Å². The lowest BCUT2D eigenvalue weighted by atomic mass is 10.2. The van der Waals surface area contributed by atoms with Crippen molar-refractivity contribution >= 4 is 5.97 Å². The minimum atomic E-state index is -0.215. The van der Waals surface area contributed by atoms with Crippen molar-refractivity contribution in [3.05, 3.63) is 11.8 Å². The van der Waals surface area contributed by atoms with Crippen molar-refractivity contribution in [3.63, 3.8) is 0 Å². The Bertz CT molecular complexity index is 236. The maximum atomic E-state index is 11.6. The van der Waals surface area contributed by atoms with Crippen molar-refractivity contribution in [1.82, 2.24) is 4.90 Å². The van der Waals surface area contributed by atoms with Gasteiger partial charge in [-0.3, -0.25) is 0 Å². The van der Waals surface area contributed by atoms with Gasteiger partial charge in [0.15, 0.2) is 0 Å². The third kappa shape index (κ3) is 5.19. The van der Waals surface area contributed by atoms with Gasteiger partial charge in [0.1, 0.15) is 0 Å². The molecule has 0 aromatic rings. The Hall–Kier alpha value is -0.990. The highest BCUT2D eigenvalue weighted by Crippen LogP contribution is 2.09. The second kappa shape index (κ2) is 7.31. The third-order valence-corrected chi connectivity index (χ3v) is 2.29. The van der Waals surface area contributed by atoms with Crippen LogP contribution in [0.5, 0.6) is 0 Å². The lowest BCUT2D eigenvalue weighted by Gasteiger charge is -2.29. The number of carbonyl (C=O) groups excluding carboxylic acids is 1. The molecule has 0 aromatic heterocycles. The lowest BCUT2D eigenvalue weighted by Crippen LogP contribution is -2.32. The molecule has 0 unspecified atom stereocenters. The summed E-state index contributed by atoms with van der Waals surface area (Å²) >= 11 is 0. The fourth-order valence-electron chi connectivity index (χ4n) is 1.48. The van der Waals surface area contributed by atoms with Gasteiger partial charge in [-0.25, -0.2) is 4.79 Å². The van der Waals surface area contributed by atoms with Gasteiger partial charge >= 0.3 is 5.97 Å². The first-order chi connectivity index (χ1) is 7.40. The smallest absolute Gasteiger partial charge is 0.335 e. The van der Waals surface area contributed by atoms with Gasteiger partial charge in [0.2, 0.25) is 0 Å². The molecule has 0 N–H and O–H groups in total. The Morgan fingerprint density at radius 2 is 1.75 bits per heavy atom. The topological polar surface area (TPSA) is 29.5 Å². The number of carbonyl (C=O) groups is 1. The molecule has 0 aromatic carbocycles. The Labute approximate surface area is 99.5 Å². The summed E-state index contributed by atoms with van der Waals surface area (Å²) in [6.45, 7) is 12.7. The van der Waals surface area contributed by atoms with Gasteiger partial charge in [0, 0.05) is 23.9 Å². The Balaban J connectivity index is 4.53. The van der Waals surface area contributed by atoms with Crippen LogP contribution in [-0.4, -0.2) is 29.6 Å². The van der Waals surface area contributed by atoms with Crippen molar-refractivity contribution in [3.8, 4) is 0 Å². The van der Waals surface area contributed by atoms with Gasteiger partial charge in [0.05, 0.1) is 6.61 Å². The SMILES string of the molecule is CCCOC(=O)C(C)=CN(C(C)C)C(C)C. The normalized spacial score (nSPS) is 12.1. The molecule has 0 aliphatic rings. The monoisotopic (exact) mass is 227 g/mol. The largest absolute Gasteiger partial charge is 0.462 e. The van der Waals surface area contributed by atoms with Crippen molar-refractivity contribution in [2.24, 2.45) is 0 Å². The van der Waals surface area contributed by atoms with Crippen LogP contribution in [0.25, 0.3) is 0 Å². The second-order valence-electron chi connectivity index (χ2n) is 4.58. The summed E-state index contributed by atoms with van der Waals surface area (Å²) in [7, 11) is 0. The zero-order valence-corrected chi connectivity index (χ0v) is 11.4. The van der Waals surface area contributed by atoms with Crippen LogP contribution < -0.4 is 0 Å². The zero-order chi connectivity index (χ0) is 12.7. The highest BCUT2D eigenvalue weighted by Gasteiger charge is 2.12. The molecular formula is C13H25NO2. The van der Waals surface area contributed by atoms with Crippen LogP contribution in [0.3, 0.4) is 0 Å². The van der Waals surface area contributed by atoms with Crippen LogP contribution in [0.4, 0.5) is 0 Å². The molecule has 0 rings (SSSR count). The molecule has 0 fully saturated rings. The summed E-state index contributed by atoms with van der Waals surface area (Å²) in [5, 5.41) is 0. The highest BCUT2D eigenvalue weighted by atomic mass is 16.5. The predicted molar refractivity (Wildman–Crippen MR) is 67.1 cm³/mol. The van der Waals surface area contributed by atoms with E-state index in [0.717, 1.165) is 6.42 Å². The molecule has 0 aliphatic heterocycles. The van der Waals surface area contributed by atoms with Crippen molar-refractivity contribution < 1.29 is 9.53 Å². The van der Waals surface area contributed by atoms with Crippen LogP contribution in [0.1, 0.15) is 48.0 Å². The second-order valence-corrected chi connectivity index (χ2v) is 4.58. The molecule has 0 heterocycles. The Morgan fingerprint density at radius 3 is 2.12 bits per heavy atom. The fourth-order valence-corrected chi connectivity index (χ4v) is 1.48. The molecule has 16 heavy (non-hydrogen) atoms. The average Bonchev–Trinajstić information content (AvgIpc) is 2.20. The molecular weight excluding hydrogens is 202 g/mol. The summed E-state index contributed by atoms with van der Waals surface area (Å²) in [6, 6.07) is 0.767. The van der Waals surface area contributed by atoms with Crippen LogP contribution in [0.15, 0.2) is 11.8 Å². The summed E-state index contributed by atoms with van der Waals surface area (Å²) in [6.07, 6.45) is 2.75. The number of ether oxygens (including phenoxy) is 1. The molecule has 94 valence electrons. The Morgan fingerprint density at radius 1 is 1.25 bits per heavy atom. The van der Waals surface area contributed by atoms with Gasteiger partial charge in [-0.15, -0.1) is 0 Å². The van der Waals surface area contributed by atoms with Crippen LogP contribution in [0, 0.1) is 0 Å². The Kier molecular flexibility index (Phi) is 6.86. The van der Waals surface area contributed by atoms with Crippen molar-refractivity contribution in [1.29, 1.82) is 0 Å². The van der Waals surface area contributed by atoms with Gasteiger partial charge in [-0.1, -0.05) is 6.92 Å². The average molecular weight is 227 g/mol. The molecule has 0 amide bonds. The minimum absolute atomic E-state index is 0.215. The number of rotatable bonds is 6. The number of hydrogen-bond donors (Lipinski definition) is 0. The van der Waals surface area contributed by atoms with Crippen molar-refractivity contribution in [2.45, 2.75) is 60.0 Å². The van der Waals surface area contributed by atoms with E-state index >= 15 is 0 Å². The fraction of sp³-hybridized carbons (Fsp3) is 0.769. The first-order valence-electron chi connectivity index (χ1n) is 6.03. The quantitative estimate of drug-likeness (QED) is 0.516. The molecule has 0 bridgehead atoms. The predicted octanol–water partition coefficient (Wildman–Crippen LogP) is 2.96. The van der Waals surface area contributed by atoms with E-state index in [1.54, 1.807) is 6.92 Å². The summed E-state index contributed by atoms with van der Waals surface area (Å²) in [4.78, 5) is 13.7. The maximum absolute atomic E-state index is 11.6. The first kappa shape index (κ1) is 15.0. The van der Waals surface area contributed by atoms with E-state index in [9.17, 15) is 4.79 Å².